The van der Waals surface area contributed by atoms with Crippen molar-refractivity contribution in [2.45, 2.75) is 6.92 Å². The Morgan fingerprint density at radius 1 is 1.37 bits per heavy atom. The molecule has 3 aromatic rings. The van der Waals surface area contributed by atoms with Crippen LogP contribution >= 0.6 is 28.1 Å². The molecule has 7 nitrogen and oxygen atoms in total. The number of aromatic hydroxyl groups is 1. The Bertz CT molecular complexity index is 1050. The average molecular weight is 449 g/mol. The number of phenols is 1. The molecule has 9 heteroatoms. The van der Waals surface area contributed by atoms with Crippen molar-refractivity contribution in [1.29, 1.82) is 0 Å². The van der Waals surface area contributed by atoms with Crippen LogP contribution in [0.4, 0.5) is 0 Å². The van der Waals surface area contributed by atoms with E-state index in [4.69, 9.17) is 21.7 Å². The van der Waals surface area contributed by atoms with Crippen molar-refractivity contribution >= 4 is 34.4 Å². The lowest BCUT2D eigenvalue weighted by Crippen LogP contribution is -1.97. The van der Waals surface area contributed by atoms with Gasteiger partial charge in [0.15, 0.2) is 17.3 Å². The van der Waals surface area contributed by atoms with Crippen LogP contribution in [0.3, 0.4) is 0 Å². The minimum atomic E-state index is 0.0306. The summed E-state index contributed by atoms with van der Waals surface area (Å²) in [6.45, 7) is 2.50. The van der Waals surface area contributed by atoms with Crippen molar-refractivity contribution in [2.24, 2.45) is 5.10 Å². The molecule has 0 spiro atoms. The molecule has 0 saturated heterocycles. The molecule has 27 heavy (non-hydrogen) atoms. The molecule has 1 aromatic heterocycles. The third-order valence-electron chi connectivity index (χ3n) is 3.65. The molecule has 0 saturated carbocycles. The van der Waals surface area contributed by atoms with Gasteiger partial charge in [-0.2, -0.15) is 14.9 Å². The summed E-state index contributed by atoms with van der Waals surface area (Å²) in [5.74, 6) is 1.67. The summed E-state index contributed by atoms with van der Waals surface area (Å²) in [6, 6.07) is 10.9. The van der Waals surface area contributed by atoms with Gasteiger partial charge in [0.05, 0.1) is 24.4 Å². The first kappa shape index (κ1) is 19.1. The molecular weight excluding hydrogens is 432 g/mol. The minimum absolute atomic E-state index is 0.0306. The zero-order valence-electron chi connectivity index (χ0n) is 14.6. The number of methoxy groups -OCH3 is 1. The summed E-state index contributed by atoms with van der Waals surface area (Å²) in [5.41, 5.74) is 1.53. The molecule has 2 N–H and O–H groups in total. The molecule has 0 amide bonds. The average Bonchev–Trinajstić information content (AvgIpc) is 3.03. The SMILES string of the molecule is CCOc1cccc(-c2n[nH]c(=S)n2/N=C/c2cc(Br)c(O)c(OC)c2)c1. The van der Waals surface area contributed by atoms with Crippen molar-refractivity contribution in [3.05, 3.63) is 51.2 Å². The van der Waals surface area contributed by atoms with Gasteiger partial charge in [0, 0.05) is 5.56 Å². The van der Waals surface area contributed by atoms with Crippen molar-refractivity contribution in [1.82, 2.24) is 14.9 Å². The number of aromatic amines is 1. The number of hydrogen-bond acceptors (Lipinski definition) is 6. The second-order valence-corrected chi connectivity index (χ2v) is 6.66. The highest BCUT2D eigenvalue weighted by molar-refractivity contribution is 9.10. The highest BCUT2D eigenvalue weighted by Gasteiger charge is 2.10. The van der Waals surface area contributed by atoms with Gasteiger partial charge in [0.25, 0.3) is 0 Å². The van der Waals surface area contributed by atoms with Gasteiger partial charge in [-0.3, -0.25) is 0 Å². The van der Waals surface area contributed by atoms with Crippen LogP contribution in [0.5, 0.6) is 17.2 Å². The van der Waals surface area contributed by atoms with Crippen molar-refractivity contribution < 1.29 is 14.6 Å². The summed E-state index contributed by atoms with van der Waals surface area (Å²) >= 11 is 8.59. The fourth-order valence-electron chi connectivity index (χ4n) is 2.43. The first-order valence-corrected chi connectivity index (χ1v) is 9.25. The predicted octanol–water partition coefficient (Wildman–Crippen LogP) is 4.37. The Balaban J connectivity index is 1.99. The van der Waals surface area contributed by atoms with Crippen molar-refractivity contribution in [2.75, 3.05) is 13.7 Å². The van der Waals surface area contributed by atoms with Gasteiger partial charge in [0.2, 0.25) is 4.77 Å². The number of ether oxygens (including phenoxy) is 2. The standard InChI is InChI=1S/C18H17BrN4O3S/c1-3-26-13-6-4-5-12(9-13)17-21-22-18(27)23(17)20-10-11-7-14(19)16(24)15(8-11)25-2/h4-10,24H,3H2,1-2H3,(H,22,27)/b20-10+. The van der Waals surface area contributed by atoms with E-state index in [-0.39, 0.29) is 5.75 Å². The van der Waals surface area contributed by atoms with Crippen LogP contribution in [0.25, 0.3) is 11.4 Å². The Hall–Kier alpha value is -2.65. The van der Waals surface area contributed by atoms with Gasteiger partial charge in [-0.25, -0.2) is 5.10 Å². The number of rotatable bonds is 6. The fraction of sp³-hybridized carbons (Fsp3) is 0.167. The number of hydrogen-bond donors (Lipinski definition) is 2. The van der Waals surface area contributed by atoms with E-state index in [9.17, 15) is 5.11 Å². The van der Waals surface area contributed by atoms with Crippen LogP contribution in [-0.4, -0.2) is 39.9 Å². The van der Waals surface area contributed by atoms with Crippen LogP contribution in [0, 0.1) is 4.77 Å². The molecule has 0 unspecified atom stereocenters. The minimum Gasteiger partial charge on any atom is -0.503 e. The number of halogens is 1. The van der Waals surface area contributed by atoms with Gasteiger partial charge < -0.3 is 14.6 Å². The zero-order valence-corrected chi connectivity index (χ0v) is 17.0. The summed E-state index contributed by atoms with van der Waals surface area (Å²) in [5, 5.41) is 21.4. The van der Waals surface area contributed by atoms with E-state index in [1.807, 2.05) is 31.2 Å². The molecule has 0 atom stereocenters. The van der Waals surface area contributed by atoms with Gasteiger partial charge in [-0.05, 0) is 64.9 Å². The quantitative estimate of drug-likeness (QED) is 0.432. The van der Waals surface area contributed by atoms with Crippen LogP contribution in [0.1, 0.15) is 12.5 Å². The number of H-pyrrole nitrogens is 1. The lowest BCUT2D eigenvalue weighted by molar-refractivity contribution is 0.340. The van der Waals surface area contributed by atoms with Crippen LogP contribution in [-0.2, 0) is 0 Å². The summed E-state index contributed by atoms with van der Waals surface area (Å²) < 4.78 is 13.1. The molecule has 0 fully saturated rings. The molecule has 140 valence electrons. The highest BCUT2D eigenvalue weighted by Crippen LogP contribution is 2.34. The Morgan fingerprint density at radius 3 is 2.93 bits per heavy atom. The normalized spacial score (nSPS) is 11.1. The maximum atomic E-state index is 9.92. The Kier molecular flexibility index (Phi) is 5.92. The molecular formula is C18H17BrN4O3S. The van der Waals surface area contributed by atoms with E-state index in [0.717, 1.165) is 11.3 Å². The monoisotopic (exact) mass is 448 g/mol. The number of benzene rings is 2. The van der Waals surface area contributed by atoms with E-state index in [2.05, 4.69) is 31.2 Å². The molecule has 3 rings (SSSR count). The first-order valence-electron chi connectivity index (χ1n) is 8.05. The van der Waals surface area contributed by atoms with Crippen molar-refractivity contribution in [3.63, 3.8) is 0 Å². The van der Waals surface area contributed by atoms with Crippen molar-refractivity contribution in [3.8, 4) is 28.6 Å². The Labute approximate surface area is 169 Å². The summed E-state index contributed by atoms with van der Waals surface area (Å²) in [6.07, 6.45) is 1.61. The second-order valence-electron chi connectivity index (χ2n) is 5.42. The van der Waals surface area contributed by atoms with E-state index < -0.39 is 0 Å². The third-order valence-corrected chi connectivity index (χ3v) is 4.52. The number of nitrogens with zero attached hydrogens (tertiary/aromatic N) is 3. The van der Waals surface area contributed by atoms with E-state index in [1.54, 1.807) is 18.3 Å². The summed E-state index contributed by atoms with van der Waals surface area (Å²) in [4.78, 5) is 0. The molecule has 0 aliphatic carbocycles. The molecule has 1 heterocycles. The van der Waals surface area contributed by atoms with Crippen LogP contribution < -0.4 is 9.47 Å². The highest BCUT2D eigenvalue weighted by atomic mass is 79.9. The van der Waals surface area contributed by atoms with Crippen LogP contribution in [0.15, 0.2) is 46.0 Å². The molecule has 2 aromatic carbocycles. The molecule has 0 bridgehead atoms. The smallest absolute Gasteiger partial charge is 0.216 e. The molecule has 0 radical (unpaired) electrons. The lowest BCUT2D eigenvalue weighted by Gasteiger charge is -2.07. The van der Waals surface area contributed by atoms with Gasteiger partial charge in [0.1, 0.15) is 5.75 Å². The van der Waals surface area contributed by atoms with Gasteiger partial charge >= 0.3 is 0 Å². The van der Waals surface area contributed by atoms with E-state index in [0.29, 0.717) is 33.0 Å². The topological polar surface area (TPSA) is 84.7 Å². The second kappa shape index (κ2) is 8.36. The fourth-order valence-corrected chi connectivity index (χ4v) is 3.06. The third kappa shape index (κ3) is 4.20. The predicted molar refractivity (Wildman–Crippen MR) is 109 cm³/mol. The Morgan fingerprint density at radius 2 is 2.19 bits per heavy atom. The first-order chi connectivity index (χ1) is 13.0. The molecule has 0 aliphatic heterocycles. The van der Waals surface area contributed by atoms with E-state index >= 15 is 0 Å². The van der Waals surface area contributed by atoms with Crippen LogP contribution in [0.2, 0.25) is 0 Å². The maximum absolute atomic E-state index is 9.92. The van der Waals surface area contributed by atoms with E-state index in [1.165, 1.54) is 11.8 Å². The summed E-state index contributed by atoms with van der Waals surface area (Å²) in [7, 11) is 1.48. The maximum Gasteiger partial charge on any atom is 0.216 e. The number of aromatic nitrogens is 3. The van der Waals surface area contributed by atoms with Gasteiger partial charge in [-0.15, -0.1) is 0 Å². The largest absolute Gasteiger partial charge is 0.503 e. The number of phenolic OH excluding ortho intramolecular Hbond substituents is 1. The zero-order chi connectivity index (χ0) is 19.4. The lowest BCUT2D eigenvalue weighted by atomic mass is 10.2. The van der Waals surface area contributed by atoms with Gasteiger partial charge in [-0.1, -0.05) is 12.1 Å². The molecule has 0 aliphatic rings. The number of nitrogens with one attached hydrogen (secondary N) is 1.